The van der Waals surface area contributed by atoms with Gasteiger partial charge in [-0.2, -0.15) is 0 Å². The Hall–Kier alpha value is -2.35. The zero-order valence-corrected chi connectivity index (χ0v) is 17.1. The largest absolute Gasteiger partial charge is 0.493 e. The lowest BCUT2D eigenvalue weighted by molar-refractivity contribution is 0.0794. The highest BCUT2D eigenvalue weighted by atomic mass is 16.5. The number of likely N-dealkylation sites (tertiary alicyclic amines) is 1. The molecule has 2 unspecified atom stereocenters. The van der Waals surface area contributed by atoms with E-state index < -0.39 is 6.10 Å². The van der Waals surface area contributed by atoms with Gasteiger partial charge in [-0.05, 0) is 74.5 Å². The van der Waals surface area contributed by atoms with Crippen molar-refractivity contribution in [2.75, 3.05) is 19.7 Å². The molecule has 7 heteroatoms. The van der Waals surface area contributed by atoms with Gasteiger partial charge in [-0.1, -0.05) is 0 Å². The highest BCUT2D eigenvalue weighted by Crippen LogP contribution is 2.29. The number of furan rings is 1. The van der Waals surface area contributed by atoms with Gasteiger partial charge in [0.15, 0.2) is 0 Å². The molecule has 162 valence electrons. The van der Waals surface area contributed by atoms with Crippen LogP contribution in [0.4, 0.5) is 0 Å². The predicted molar refractivity (Wildman–Crippen MR) is 111 cm³/mol. The van der Waals surface area contributed by atoms with Crippen LogP contribution in [0.5, 0.6) is 5.75 Å². The molecular weight excluding hydrogens is 384 g/mol. The number of nitrogens with zero attached hydrogens (tertiary/aromatic N) is 1. The molecule has 0 bridgehead atoms. The molecule has 1 aromatic heterocycles. The van der Waals surface area contributed by atoms with Gasteiger partial charge in [-0.15, -0.1) is 0 Å². The van der Waals surface area contributed by atoms with E-state index in [4.69, 9.17) is 14.3 Å². The number of carbonyl (C=O) groups is 1. The lowest BCUT2D eigenvalue weighted by Gasteiger charge is -2.26. The van der Waals surface area contributed by atoms with E-state index in [0.717, 1.165) is 31.1 Å². The first-order valence-corrected chi connectivity index (χ1v) is 10.7. The van der Waals surface area contributed by atoms with Crippen LogP contribution >= 0.6 is 0 Å². The van der Waals surface area contributed by atoms with Crippen molar-refractivity contribution in [1.29, 1.82) is 0 Å². The van der Waals surface area contributed by atoms with Crippen molar-refractivity contribution >= 4 is 5.91 Å². The minimum absolute atomic E-state index is 0.123. The van der Waals surface area contributed by atoms with E-state index in [1.54, 1.807) is 18.2 Å². The average molecular weight is 415 g/mol. The Bertz CT molecular complexity index is 830. The van der Waals surface area contributed by atoms with E-state index in [1.807, 2.05) is 18.2 Å². The normalized spacial score (nSPS) is 22.5. The fourth-order valence-electron chi connectivity index (χ4n) is 3.77. The molecule has 1 saturated carbocycles. The van der Waals surface area contributed by atoms with Crippen LogP contribution in [0, 0.1) is 5.92 Å². The zero-order valence-electron chi connectivity index (χ0n) is 17.1. The van der Waals surface area contributed by atoms with Crippen molar-refractivity contribution in [3.63, 3.8) is 0 Å². The van der Waals surface area contributed by atoms with Crippen LogP contribution in [0.25, 0.3) is 0 Å². The third kappa shape index (κ3) is 5.62. The standard InChI is InChI=1S/C23H30N2O5/c26-14-20-10-9-19(30-20)12-25-11-1-2-22(27)21(13-25)24-23(28)17-5-7-18(8-6-17)29-15-16-3-4-16/h5-10,16,21-22,26-27H,1-4,11-15H2,(H,24,28). The summed E-state index contributed by atoms with van der Waals surface area (Å²) in [4.78, 5) is 14.9. The monoisotopic (exact) mass is 414 g/mol. The molecule has 7 nitrogen and oxygen atoms in total. The molecule has 2 aliphatic rings. The van der Waals surface area contributed by atoms with Gasteiger partial charge in [0.05, 0.1) is 25.3 Å². The van der Waals surface area contributed by atoms with Gasteiger partial charge in [-0.3, -0.25) is 9.69 Å². The number of rotatable bonds is 8. The van der Waals surface area contributed by atoms with Crippen LogP contribution in [0.15, 0.2) is 40.8 Å². The molecule has 1 aliphatic heterocycles. The Morgan fingerprint density at radius 3 is 2.60 bits per heavy atom. The minimum Gasteiger partial charge on any atom is -0.493 e. The molecule has 1 saturated heterocycles. The molecule has 0 radical (unpaired) electrons. The first-order chi connectivity index (χ1) is 14.6. The van der Waals surface area contributed by atoms with Gasteiger partial charge in [-0.25, -0.2) is 0 Å². The maximum absolute atomic E-state index is 12.7. The molecule has 1 aromatic carbocycles. The third-order valence-corrected chi connectivity index (χ3v) is 5.76. The van der Waals surface area contributed by atoms with E-state index in [1.165, 1.54) is 12.8 Å². The van der Waals surface area contributed by atoms with Crippen molar-refractivity contribution in [1.82, 2.24) is 10.2 Å². The maximum Gasteiger partial charge on any atom is 0.251 e. The summed E-state index contributed by atoms with van der Waals surface area (Å²) in [7, 11) is 0. The van der Waals surface area contributed by atoms with Crippen LogP contribution in [0.3, 0.4) is 0 Å². The van der Waals surface area contributed by atoms with Crippen LogP contribution in [0.2, 0.25) is 0 Å². The van der Waals surface area contributed by atoms with E-state index in [9.17, 15) is 9.90 Å². The zero-order chi connectivity index (χ0) is 20.9. The summed E-state index contributed by atoms with van der Waals surface area (Å²) in [5.41, 5.74) is 0.551. The lowest BCUT2D eigenvalue weighted by atomic mass is 10.1. The molecule has 0 spiro atoms. The maximum atomic E-state index is 12.7. The van der Waals surface area contributed by atoms with E-state index in [2.05, 4.69) is 10.2 Å². The summed E-state index contributed by atoms with van der Waals surface area (Å²) in [6.07, 6.45) is 3.36. The fourth-order valence-corrected chi connectivity index (χ4v) is 3.77. The van der Waals surface area contributed by atoms with Gasteiger partial charge < -0.3 is 24.7 Å². The Labute approximate surface area is 176 Å². The van der Waals surface area contributed by atoms with E-state index in [-0.39, 0.29) is 18.6 Å². The van der Waals surface area contributed by atoms with Crippen molar-refractivity contribution in [3.05, 3.63) is 53.5 Å². The van der Waals surface area contributed by atoms with Crippen molar-refractivity contribution < 1.29 is 24.2 Å². The van der Waals surface area contributed by atoms with Crippen molar-refractivity contribution in [2.24, 2.45) is 5.92 Å². The van der Waals surface area contributed by atoms with Crippen molar-refractivity contribution in [3.8, 4) is 5.75 Å². The summed E-state index contributed by atoms with van der Waals surface area (Å²) in [6.45, 7) is 2.54. The molecule has 2 heterocycles. The summed E-state index contributed by atoms with van der Waals surface area (Å²) < 4.78 is 11.3. The molecule has 30 heavy (non-hydrogen) atoms. The fraction of sp³-hybridized carbons (Fsp3) is 0.522. The quantitative estimate of drug-likeness (QED) is 0.614. The Morgan fingerprint density at radius 2 is 1.90 bits per heavy atom. The highest BCUT2D eigenvalue weighted by molar-refractivity contribution is 5.94. The highest BCUT2D eigenvalue weighted by Gasteiger charge is 2.28. The second-order valence-corrected chi connectivity index (χ2v) is 8.33. The van der Waals surface area contributed by atoms with Gasteiger partial charge in [0.1, 0.15) is 23.9 Å². The molecule has 2 fully saturated rings. The number of hydrogen-bond acceptors (Lipinski definition) is 6. The molecule has 4 rings (SSSR count). The minimum atomic E-state index is -0.593. The van der Waals surface area contributed by atoms with Crippen LogP contribution in [-0.2, 0) is 13.2 Å². The molecular formula is C23H30N2O5. The van der Waals surface area contributed by atoms with Gasteiger partial charge in [0.25, 0.3) is 5.91 Å². The Balaban J connectivity index is 1.34. The van der Waals surface area contributed by atoms with E-state index >= 15 is 0 Å². The Morgan fingerprint density at radius 1 is 1.13 bits per heavy atom. The van der Waals surface area contributed by atoms with Crippen LogP contribution < -0.4 is 10.1 Å². The van der Waals surface area contributed by atoms with Gasteiger partial charge >= 0.3 is 0 Å². The number of hydrogen-bond donors (Lipinski definition) is 3. The number of ether oxygens (including phenoxy) is 1. The van der Waals surface area contributed by atoms with Crippen LogP contribution in [-0.4, -0.2) is 52.9 Å². The summed E-state index contributed by atoms with van der Waals surface area (Å²) in [5.74, 6) is 2.57. The summed E-state index contributed by atoms with van der Waals surface area (Å²) in [6, 6.07) is 10.4. The number of aliphatic hydroxyl groups is 2. The Kier molecular flexibility index (Phi) is 6.72. The molecule has 3 N–H and O–H groups in total. The second kappa shape index (κ2) is 9.64. The number of carbonyl (C=O) groups excluding carboxylic acids is 1. The smallest absolute Gasteiger partial charge is 0.251 e. The number of amides is 1. The number of benzene rings is 1. The predicted octanol–water partition coefficient (Wildman–Crippen LogP) is 2.32. The lowest BCUT2D eigenvalue weighted by Crippen LogP contribution is -2.48. The SMILES string of the molecule is O=C(NC1CN(Cc2ccc(CO)o2)CCCC1O)c1ccc(OCC2CC2)cc1. The first kappa shape index (κ1) is 20.9. The van der Waals surface area contributed by atoms with Crippen molar-refractivity contribution in [2.45, 2.75) is 51.0 Å². The van der Waals surface area contributed by atoms with E-state index in [0.29, 0.717) is 36.8 Å². The summed E-state index contributed by atoms with van der Waals surface area (Å²) >= 11 is 0. The molecule has 2 aromatic rings. The first-order valence-electron chi connectivity index (χ1n) is 10.7. The number of nitrogens with one attached hydrogen (secondary N) is 1. The summed E-state index contributed by atoms with van der Waals surface area (Å²) in [5, 5.41) is 22.7. The van der Waals surface area contributed by atoms with Crippen LogP contribution in [0.1, 0.15) is 47.6 Å². The third-order valence-electron chi connectivity index (χ3n) is 5.76. The van der Waals surface area contributed by atoms with Gasteiger partial charge in [0, 0.05) is 12.1 Å². The molecule has 1 aliphatic carbocycles. The average Bonchev–Trinajstić information content (AvgIpc) is 3.51. The van der Waals surface area contributed by atoms with Gasteiger partial charge in [0.2, 0.25) is 0 Å². The molecule has 2 atom stereocenters. The number of aliphatic hydroxyl groups excluding tert-OH is 2. The second-order valence-electron chi connectivity index (χ2n) is 8.33. The topological polar surface area (TPSA) is 95.2 Å². The molecule has 1 amide bonds.